The Labute approximate surface area is 261 Å². The van der Waals surface area contributed by atoms with Crippen LogP contribution in [0.3, 0.4) is 0 Å². The predicted molar refractivity (Wildman–Crippen MR) is 165 cm³/mol. The third-order valence-electron chi connectivity index (χ3n) is 6.78. The Hall–Kier alpha value is -4.06. The van der Waals surface area contributed by atoms with Gasteiger partial charge in [0.2, 0.25) is 5.13 Å². The summed E-state index contributed by atoms with van der Waals surface area (Å²) in [6.45, 7) is 3.29. The molecule has 3 aromatic carbocycles. The zero-order valence-electron chi connectivity index (χ0n) is 23.0. The van der Waals surface area contributed by atoms with Crippen LogP contribution in [0.5, 0.6) is 17.2 Å². The summed E-state index contributed by atoms with van der Waals surface area (Å²) in [5.41, 5.74) is 1.88. The zero-order chi connectivity index (χ0) is 29.9. The van der Waals surface area contributed by atoms with Gasteiger partial charge in [-0.1, -0.05) is 65.9 Å². The number of halogens is 1. The van der Waals surface area contributed by atoms with E-state index in [1.54, 1.807) is 36.4 Å². The van der Waals surface area contributed by atoms with Crippen molar-refractivity contribution in [2.75, 3.05) is 24.7 Å². The van der Waals surface area contributed by atoms with Gasteiger partial charge in [-0.2, -0.15) is 0 Å². The highest BCUT2D eigenvalue weighted by Crippen LogP contribution is 2.45. The second kappa shape index (κ2) is 12.7. The molecule has 1 saturated heterocycles. The molecule has 0 bridgehead atoms. The molecule has 9 nitrogen and oxygen atoms in total. The number of nitrogens with zero attached hydrogens (tertiary/aromatic N) is 3. The molecular weight excluding hydrogens is 610 g/mol. The first-order chi connectivity index (χ1) is 20.9. The summed E-state index contributed by atoms with van der Waals surface area (Å²) in [6, 6.07) is 18.6. The van der Waals surface area contributed by atoms with Gasteiger partial charge in [-0.3, -0.25) is 14.5 Å². The molecule has 220 valence electrons. The second-order valence-electron chi connectivity index (χ2n) is 9.71. The number of aliphatic hydroxyl groups excluding tert-OH is 1. The summed E-state index contributed by atoms with van der Waals surface area (Å²) in [5, 5.41) is 21.0. The molecule has 12 heteroatoms. The molecular formula is C31H26ClN3O6S2. The molecule has 1 fully saturated rings. The van der Waals surface area contributed by atoms with E-state index in [0.717, 1.165) is 12.0 Å². The molecule has 6 rings (SSSR count). The largest absolute Gasteiger partial charge is 0.507 e. The molecule has 0 aliphatic carbocycles. The first-order valence-corrected chi connectivity index (χ1v) is 15.8. The molecule has 1 atom stereocenters. The highest BCUT2D eigenvalue weighted by molar-refractivity contribution is 8.00. The monoisotopic (exact) mass is 635 g/mol. The minimum Gasteiger partial charge on any atom is -0.507 e. The van der Waals surface area contributed by atoms with E-state index in [-0.39, 0.29) is 16.5 Å². The van der Waals surface area contributed by atoms with E-state index in [0.29, 0.717) is 63.3 Å². The minimum atomic E-state index is -0.972. The molecule has 0 radical (unpaired) electrons. The van der Waals surface area contributed by atoms with Gasteiger partial charge >= 0.3 is 5.91 Å². The van der Waals surface area contributed by atoms with Crippen LogP contribution < -0.4 is 19.1 Å². The molecule has 1 unspecified atom stereocenters. The van der Waals surface area contributed by atoms with Crippen LogP contribution in [0.4, 0.5) is 5.13 Å². The van der Waals surface area contributed by atoms with Gasteiger partial charge in [0.1, 0.15) is 24.7 Å². The number of ether oxygens (including phenoxy) is 3. The molecule has 1 N–H and O–H groups in total. The van der Waals surface area contributed by atoms with Crippen molar-refractivity contribution >= 4 is 57.3 Å². The van der Waals surface area contributed by atoms with Gasteiger partial charge in [-0.05, 0) is 60.0 Å². The van der Waals surface area contributed by atoms with Crippen molar-refractivity contribution in [1.82, 2.24) is 10.2 Å². The van der Waals surface area contributed by atoms with Crippen LogP contribution in [0.2, 0.25) is 5.02 Å². The van der Waals surface area contributed by atoms with Crippen molar-refractivity contribution in [1.29, 1.82) is 0 Å². The van der Waals surface area contributed by atoms with Crippen LogP contribution in [0.15, 0.2) is 76.6 Å². The van der Waals surface area contributed by atoms with E-state index in [1.165, 1.54) is 28.0 Å². The number of aliphatic hydroxyl groups is 1. The van der Waals surface area contributed by atoms with E-state index in [1.807, 2.05) is 37.3 Å². The molecule has 1 amide bonds. The number of aromatic nitrogens is 2. The summed E-state index contributed by atoms with van der Waals surface area (Å²) in [5.74, 6) is 0.220. The maximum atomic E-state index is 13.6. The molecule has 2 aliphatic heterocycles. The number of thioether (sulfide) groups is 1. The van der Waals surface area contributed by atoms with E-state index >= 15 is 0 Å². The lowest BCUT2D eigenvalue weighted by Crippen LogP contribution is -2.29. The fourth-order valence-electron chi connectivity index (χ4n) is 4.77. The van der Waals surface area contributed by atoms with Gasteiger partial charge in [-0.15, -0.1) is 10.2 Å². The first-order valence-electron chi connectivity index (χ1n) is 13.6. The number of hydrogen-bond donors (Lipinski definition) is 1. The summed E-state index contributed by atoms with van der Waals surface area (Å²) in [7, 11) is 0. The van der Waals surface area contributed by atoms with Crippen molar-refractivity contribution in [2.24, 2.45) is 0 Å². The number of fused-ring (bicyclic) bond motifs is 1. The number of anilines is 1. The molecule has 43 heavy (non-hydrogen) atoms. The van der Waals surface area contributed by atoms with Gasteiger partial charge in [0.25, 0.3) is 5.78 Å². The van der Waals surface area contributed by atoms with E-state index in [9.17, 15) is 14.7 Å². The third-order valence-corrected chi connectivity index (χ3v) is 9.16. The van der Waals surface area contributed by atoms with Crippen LogP contribution in [0.1, 0.15) is 36.1 Å². The van der Waals surface area contributed by atoms with Crippen molar-refractivity contribution < 1.29 is 28.9 Å². The molecule has 1 aromatic heterocycles. The van der Waals surface area contributed by atoms with Crippen LogP contribution in [0, 0.1) is 0 Å². The maximum Gasteiger partial charge on any atom is 0.301 e. The Bertz CT molecular complexity index is 1710. The lowest BCUT2D eigenvalue weighted by atomic mass is 9.95. The fourth-order valence-corrected chi connectivity index (χ4v) is 6.72. The van der Waals surface area contributed by atoms with E-state index < -0.39 is 17.7 Å². The van der Waals surface area contributed by atoms with Crippen LogP contribution in [-0.2, 0) is 15.3 Å². The van der Waals surface area contributed by atoms with E-state index in [2.05, 4.69) is 10.2 Å². The number of rotatable bonds is 9. The van der Waals surface area contributed by atoms with Crippen LogP contribution in [-0.4, -0.2) is 46.8 Å². The zero-order valence-corrected chi connectivity index (χ0v) is 25.4. The topological polar surface area (TPSA) is 111 Å². The molecule has 2 aliphatic rings. The third kappa shape index (κ3) is 6.06. The summed E-state index contributed by atoms with van der Waals surface area (Å²) in [4.78, 5) is 28.5. The van der Waals surface area contributed by atoms with Gasteiger partial charge in [-0.25, -0.2) is 0 Å². The lowest BCUT2D eigenvalue weighted by molar-refractivity contribution is -0.132. The molecule has 3 heterocycles. The number of carbonyl (C=O) groups excluding carboxylic acids is 2. The van der Waals surface area contributed by atoms with Crippen molar-refractivity contribution in [2.45, 2.75) is 29.5 Å². The van der Waals surface area contributed by atoms with Crippen LogP contribution in [0.25, 0.3) is 5.76 Å². The van der Waals surface area contributed by atoms with Gasteiger partial charge in [0.05, 0.1) is 18.2 Å². The average molecular weight is 636 g/mol. The molecule has 0 spiro atoms. The van der Waals surface area contributed by atoms with Crippen molar-refractivity contribution in [3.63, 3.8) is 0 Å². The Kier molecular flexibility index (Phi) is 8.55. The number of amides is 1. The molecule has 4 aromatic rings. The van der Waals surface area contributed by atoms with Crippen molar-refractivity contribution in [3.05, 3.63) is 94.0 Å². The van der Waals surface area contributed by atoms with Gasteiger partial charge < -0.3 is 19.3 Å². The van der Waals surface area contributed by atoms with E-state index in [4.69, 9.17) is 25.8 Å². The predicted octanol–water partition coefficient (Wildman–Crippen LogP) is 6.67. The Morgan fingerprint density at radius 3 is 2.65 bits per heavy atom. The summed E-state index contributed by atoms with van der Waals surface area (Å²) < 4.78 is 17.7. The summed E-state index contributed by atoms with van der Waals surface area (Å²) in [6.07, 6.45) is 0.814. The van der Waals surface area contributed by atoms with Gasteiger partial charge in [0.15, 0.2) is 15.8 Å². The number of Topliss-reactive ketones (excluding diaryl/α,β-unsaturated/α-hetero) is 1. The Morgan fingerprint density at radius 2 is 1.86 bits per heavy atom. The minimum absolute atomic E-state index is 0.0695. The van der Waals surface area contributed by atoms with Gasteiger partial charge in [0, 0.05) is 16.3 Å². The number of hydrogen-bond acceptors (Lipinski definition) is 10. The van der Waals surface area contributed by atoms with Crippen LogP contribution >= 0.6 is 34.7 Å². The normalized spacial score (nSPS) is 17.3. The van der Waals surface area contributed by atoms with Crippen molar-refractivity contribution in [3.8, 4) is 17.2 Å². The standard InChI is InChI=1S/C31H26ClN3O6S2/c1-2-12-39-22-5-3-4-19(15-22)26-25(27(36)20-8-11-23-24(16-20)41-14-13-40-23)28(37)29(38)35(26)30-33-34-31(43-30)42-17-18-6-9-21(32)10-7-18/h3-11,15-16,26,36H,2,12-14,17H2,1H3/b27-25-. The average Bonchev–Trinajstić information content (AvgIpc) is 3.61. The smallest absolute Gasteiger partial charge is 0.301 e. The Balaban J connectivity index is 1.39. The fraction of sp³-hybridized carbons (Fsp3) is 0.226. The highest BCUT2D eigenvalue weighted by atomic mass is 35.5. The lowest BCUT2D eigenvalue weighted by Gasteiger charge is -2.23. The highest BCUT2D eigenvalue weighted by Gasteiger charge is 2.48. The second-order valence-corrected chi connectivity index (χ2v) is 12.3. The number of ketones is 1. The molecule has 0 saturated carbocycles. The number of carbonyl (C=O) groups is 2. The SMILES string of the molecule is CCCOc1cccc(C2/C(=C(/O)c3ccc4c(c3)OCCO4)C(=O)C(=O)N2c2nnc(SCc3ccc(Cl)cc3)s2)c1. The Morgan fingerprint density at radius 1 is 1.07 bits per heavy atom. The quantitative estimate of drug-likeness (QED) is 0.0708. The first kappa shape index (κ1) is 29.0. The maximum absolute atomic E-state index is 13.6. The number of benzene rings is 3. The summed E-state index contributed by atoms with van der Waals surface area (Å²) >= 11 is 8.66.